The minimum atomic E-state index is 0.775. The van der Waals surface area contributed by atoms with Crippen molar-refractivity contribution in [3.63, 3.8) is 0 Å². The third-order valence-electron chi connectivity index (χ3n) is 2.84. The molecule has 0 atom stereocenters. The van der Waals surface area contributed by atoms with Crippen molar-refractivity contribution >= 4 is 6.21 Å². The third-order valence-corrected chi connectivity index (χ3v) is 2.84. The molecule has 0 aromatic heterocycles. The van der Waals surface area contributed by atoms with E-state index in [0.717, 1.165) is 19.0 Å². The zero-order valence-electron chi connectivity index (χ0n) is 14.6. The van der Waals surface area contributed by atoms with E-state index in [4.69, 9.17) is 0 Å². The number of hydrogen-bond donors (Lipinski definition) is 2. The summed E-state index contributed by atoms with van der Waals surface area (Å²) in [4.78, 5) is 4.03. The molecule has 0 radical (unpaired) electrons. The summed E-state index contributed by atoms with van der Waals surface area (Å²) in [5.74, 6) is 0. The molecular weight excluding hydrogens is 246 g/mol. The molecule has 0 amide bonds. The van der Waals surface area contributed by atoms with E-state index < -0.39 is 0 Å². The van der Waals surface area contributed by atoms with Crippen LogP contribution in [-0.4, -0.2) is 38.4 Å². The van der Waals surface area contributed by atoms with Crippen LogP contribution < -0.4 is 10.6 Å². The average molecular weight is 284 g/mol. The third kappa shape index (κ3) is 13.8. The van der Waals surface area contributed by atoms with Gasteiger partial charge in [-0.15, -0.1) is 0 Å². The van der Waals surface area contributed by atoms with Gasteiger partial charge in [-0.25, -0.2) is 0 Å². The fourth-order valence-corrected chi connectivity index (χ4v) is 1.49. The van der Waals surface area contributed by atoms with Crippen LogP contribution in [0, 0.1) is 0 Å². The molecular formula is C17H37N3. The SMILES string of the molecule is CC.CC.CC1=CC=NCC1.CCCCNC1CNC1. The number of unbranched alkanes of at least 4 members (excludes halogenated alkanes) is 1. The Morgan fingerprint density at radius 2 is 1.90 bits per heavy atom. The molecule has 3 heteroatoms. The molecule has 1 saturated heterocycles. The lowest BCUT2D eigenvalue weighted by Crippen LogP contribution is -2.55. The Morgan fingerprint density at radius 1 is 1.25 bits per heavy atom. The van der Waals surface area contributed by atoms with Crippen molar-refractivity contribution in [2.75, 3.05) is 26.2 Å². The summed E-state index contributed by atoms with van der Waals surface area (Å²) in [6.07, 6.45) is 7.70. The fourth-order valence-electron chi connectivity index (χ4n) is 1.49. The monoisotopic (exact) mass is 283 g/mol. The molecule has 0 spiro atoms. The first-order valence-electron chi connectivity index (χ1n) is 8.42. The summed E-state index contributed by atoms with van der Waals surface area (Å²) in [5, 5.41) is 6.68. The zero-order chi connectivity index (χ0) is 15.6. The Balaban J connectivity index is 0. The first-order chi connectivity index (χ1) is 9.83. The number of aliphatic imine (C=N–C) groups is 1. The van der Waals surface area contributed by atoms with Gasteiger partial charge in [-0.1, -0.05) is 46.6 Å². The van der Waals surface area contributed by atoms with Gasteiger partial charge < -0.3 is 10.6 Å². The second kappa shape index (κ2) is 18.3. The molecule has 0 aromatic rings. The van der Waals surface area contributed by atoms with Gasteiger partial charge in [0.2, 0.25) is 0 Å². The Labute approximate surface area is 127 Å². The highest BCUT2D eigenvalue weighted by atomic mass is 15.1. The lowest BCUT2D eigenvalue weighted by atomic mass is 10.2. The minimum absolute atomic E-state index is 0.775. The van der Waals surface area contributed by atoms with Crippen LogP contribution in [0.1, 0.15) is 60.8 Å². The van der Waals surface area contributed by atoms with Gasteiger partial charge in [0.15, 0.2) is 0 Å². The molecule has 0 aromatic carbocycles. The van der Waals surface area contributed by atoms with E-state index in [1.54, 1.807) is 0 Å². The van der Waals surface area contributed by atoms with Gasteiger partial charge >= 0.3 is 0 Å². The molecule has 20 heavy (non-hydrogen) atoms. The molecule has 0 saturated carbocycles. The largest absolute Gasteiger partial charge is 0.314 e. The quantitative estimate of drug-likeness (QED) is 0.770. The Morgan fingerprint density at radius 3 is 2.20 bits per heavy atom. The highest BCUT2D eigenvalue weighted by molar-refractivity contribution is 5.72. The lowest BCUT2D eigenvalue weighted by Gasteiger charge is -2.27. The van der Waals surface area contributed by atoms with Crippen LogP contribution in [0.25, 0.3) is 0 Å². The predicted octanol–water partition coefficient (Wildman–Crippen LogP) is 3.81. The Bertz CT molecular complexity index is 230. The highest BCUT2D eigenvalue weighted by Crippen LogP contribution is 2.01. The Hall–Kier alpha value is -0.670. The van der Waals surface area contributed by atoms with Gasteiger partial charge in [-0.05, 0) is 32.4 Å². The molecule has 0 unspecified atom stereocenters. The van der Waals surface area contributed by atoms with E-state index in [9.17, 15) is 0 Å². The molecule has 2 aliphatic heterocycles. The van der Waals surface area contributed by atoms with Gasteiger partial charge in [0.25, 0.3) is 0 Å². The number of dihydropyridines is 1. The number of rotatable bonds is 4. The van der Waals surface area contributed by atoms with Crippen molar-refractivity contribution in [1.82, 2.24) is 10.6 Å². The van der Waals surface area contributed by atoms with Crippen molar-refractivity contribution in [3.05, 3.63) is 11.6 Å². The summed E-state index contributed by atoms with van der Waals surface area (Å²) in [5.41, 5.74) is 1.44. The smallest absolute Gasteiger partial charge is 0.0426 e. The van der Waals surface area contributed by atoms with Crippen molar-refractivity contribution in [2.24, 2.45) is 4.99 Å². The maximum atomic E-state index is 4.03. The van der Waals surface area contributed by atoms with Gasteiger partial charge in [0.1, 0.15) is 0 Å². The molecule has 2 N–H and O–H groups in total. The number of hydrogen-bond acceptors (Lipinski definition) is 3. The van der Waals surface area contributed by atoms with Crippen molar-refractivity contribution < 1.29 is 0 Å². The maximum absolute atomic E-state index is 4.03. The molecule has 1 fully saturated rings. The van der Waals surface area contributed by atoms with E-state index in [2.05, 4.69) is 35.5 Å². The van der Waals surface area contributed by atoms with Crippen LogP contribution in [0.3, 0.4) is 0 Å². The number of nitrogens with zero attached hydrogens (tertiary/aromatic N) is 1. The van der Waals surface area contributed by atoms with E-state index in [0.29, 0.717) is 0 Å². The van der Waals surface area contributed by atoms with Crippen molar-refractivity contribution in [3.8, 4) is 0 Å². The summed E-state index contributed by atoms with van der Waals surface area (Å²) < 4.78 is 0. The number of nitrogens with one attached hydrogen (secondary N) is 2. The van der Waals surface area contributed by atoms with Gasteiger partial charge in [0.05, 0.1) is 0 Å². The second-order valence-electron chi connectivity index (χ2n) is 4.48. The van der Waals surface area contributed by atoms with Crippen LogP contribution in [0.2, 0.25) is 0 Å². The van der Waals surface area contributed by atoms with Crippen LogP contribution in [0.5, 0.6) is 0 Å². The summed E-state index contributed by atoms with van der Waals surface area (Å²) in [6, 6.07) is 0.775. The fraction of sp³-hybridized carbons (Fsp3) is 0.824. The van der Waals surface area contributed by atoms with Crippen LogP contribution >= 0.6 is 0 Å². The number of allylic oxidation sites excluding steroid dienone is 1. The van der Waals surface area contributed by atoms with Gasteiger partial charge in [-0.2, -0.15) is 0 Å². The summed E-state index contributed by atoms with van der Waals surface area (Å²) in [7, 11) is 0. The van der Waals surface area contributed by atoms with Crippen molar-refractivity contribution in [1.29, 1.82) is 0 Å². The minimum Gasteiger partial charge on any atom is -0.314 e. The maximum Gasteiger partial charge on any atom is 0.0426 e. The average Bonchev–Trinajstić information content (AvgIpc) is 2.47. The first-order valence-corrected chi connectivity index (χ1v) is 8.42. The first kappa shape index (κ1) is 21.6. The molecule has 2 aliphatic rings. The van der Waals surface area contributed by atoms with Gasteiger partial charge in [-0.3, -0.25) is 4.99 Å². The molecule has 120 valence electrons. The molecule has 0 bridgehead atoms. The predicted molar refractivity (Wildman–Crippen MR) is 94.0 cm³/mol. The van der Waals surface area contributed by atoms with Gasteiger partial charge in [0, 0.05) is 31.9 Å². The molecule has 2 heterocycles. The van der Waals surface area contributed by atoms with E-state index in [1.807, 2.05) is 33.9 Å². The lowest BCUT2D eigenvalue weighted by molar-refractivity contribution is 0.365. The Kier molecular flexibility index (Phi) is 19.8. The summed E-state index contributed by atoms with van der Waals surface area (Å²) >= 11 is 0. The second-order valence-corrected chi connectivity index (χ2v) is 4.48. The van der Waals surface area contributed by atoms with Crippen LogP contribution in [0.15, 0.2) is 16.6 Å². The van der Waals surface area contributed by atoms with Crippen LogP contribution in [0.4, 0.5) is 0 Å². The summed E-state index contributed by atoms with van der Waals surface area (Å²) in [6.45, 7) is 16.9. The molecule has 3 nitrogen and oxygen atoms in total. The normalized spacial score (nSPS) is 16.2. The topological polar surface area (TPSA) is 36.4 Å². The van der Waals surface area contributed by atoms with E-state index in [-0.39, 0.29) is 0 Å². The zero-order valence-corrected chi connectivity index (χ0v) is 14.6. The van der Waals surface area contributed by atoms with Crippen molar-refractivity contribution in [2.45, 2.75) is 66.8 Å². The van der Waals surface area contributed by atoms with E-state index in [1.165, 1.54) is 38.0 Å². The molecule has 2 rings (SSSR count). The molecule has 0 aliphatic carbocycles. The van der Waals surface area contributed by atoms with E-state index >= 15 is 0 Å². The van der Waals surface area contributed by atoms with Crippen LogP contribution in [-0.2, 0) is 0 Å². The highest BCUT2D eigenvalue weighted by Gasteiger charge is 2.13. The standard InChI is InChI=1S/C7H16N2.C6H9N.2C2H6/c1-2-3-4-9-7-5-8-6-7;1-6-2-4-7-5-3-6;2*1-2/h7-9H,2-6H2,1H3;2,4H,3,5H2,1H3;2*1-2H3.